The summed E-state index contributed by atoms with van der Waals surface area (Å²) in [5.41, 5.74) is 0. The average molecular weight is 318 g/mol. The van der Waals surface area contributed by atoms with Gasteiger partial charge >= 0.3 is 5.97 Å². The molecule has 5 heteroatoms. The van der Waals surface area contributed by atoms with Gasteiger partial charge in [0.05, 0.1) is 5.92 Å². The SMILES string of the molecule is O=C(O)C1CCCC(NCc2sccc2Br)C1. The molecule has 1 heterocycles. The van der Waals surface area contributed by atoms with Crippen molar-refractivity contribution in [2.75, 3.05) is 0 Å². The van der Waals surface area contributed by atoms with Gasteiger partial charge in [0.2, 0.25) is 0 Å². The zero-order valence-corrected chi connectivity index (χ0v) is 11.9. The molecule has 1 saturated carbocycles. The first-order valence-corrected chi connectivity index (χ1v) is 7.52. The van der Waals surface area contributed by atoms with E-state index in [4.69, 9.17) is 5.11 Å². The van der Waals surface area contributed by atoms with Crippen molar-refractivity contribution in [3.63, 3.8) is 0 Å². The summed E-state index contributed by atoms with van der Waals surface area (Å²) < 4.78 is 1.14. The maximum atomic E-state index is 11.0. The van der Waals surface area contributed by atoms with Crippen LogP contribution in [0, 0.1) is 5.92 Å². The highest BCUT2D eigenvalue weighted by Crippen LogP contribution is 2.26. The quantitative estimate of drug-likeness (QED) is 0.896. The summed E-state index contributed by atoms with van der Waals surface area (Å²) in [6.45, 7) is 0.829. The van der Waals surface area contributed by atoms with E-state index in [9.17, 15) is 4.79 Å². The van der Waals surface area contributed by atoms with Gasteiger partial charge in [-0.05, 0) is 46.6 Å². The fourth-order valence-electron chi connectivity index (χ4n) is 2.29. The standard InChI is InChI=1S/C12H16BrNO2S/c13-10-4-5-17-11(10)7-14-9-3-1-2-8(6-9)12(15)16/h4-5,8-9,14H,1-3,6-7H2,(H,15,16). The summed E-state index contributed by atoms with van der Waals surface area (Å²) in [4.78, 5) is 12.2. The number of hydrogen-bond donors (Lipinski definition) is 2. The second-order valence-electron chi connectivity index (χ2n) is 4.47. The first-order valence-electron chi connectivity index (χ1n) is 5.85. The van der Waals surface area contributed by atoms with Crippen LogP contribution in [0.1, 0.15) is 30.6 Å². The average Bonchev–Trinajstić information content (AvgIpc) is 2.72. The monoisotopic (exact) mass is 317 g/mol. The van der Waals surface area contributed by atoms with Gasteiger partial charge < -0.3 is 10.4 Å². The fraction of sp³-hybridized carbons (Fsp3) is 0.583. The van der Waals surface area contributed by atoms with Crippen LogP contribution in [-0.4, -0.2) is 17.1 Å². The van der Waals surface area contributed by atoms with Gasteiger partial charge in [0.1, 0.15) is 0 Å². The first-order chi connectivity index (χ1) is 8.16. The van der Waals surface area contributed by atoms with Gasteiger partial charge in [-0.15, -0.1) is 11.3 Å². The molecular formula is C12H16BrNO2S. The predicted molar refractivity (Wildman–Crippen MR) is 72.2 cm³/mol. The maximum absolute atomic E-state index is 11.0. The summed E-state index contributed by atoms with van der Waals surface area (Å²) in [6, 6.07) is 2.39. The van der Waals surface area contributed by atoms with E-state index in [0.717, 1.165) is 36.7 Å². The van der Waals surface area contributed by atoms with Crippen molar-refractivity contribution >= 4 is 33.2 Å². The van der Waals surface area contributed by atoms with Gasteiger partial charge in [-0.2, -0.15) is 0 Å². The number of carboxylic acids is 1. The lowest BCUT2D eigenvalue weighted by molar-refractivity contribution is -0.143. The number of thiophene rings is 1. The minimum atomic E-state index is -0.645. The van der Waals surface area contributed by atoms with Crippen LogP contribution in [0.4, 0.5) is 0 Å². The van der Waals surface area contributed by atoms with Crippen LogP contribution in [0.5, 0.6) is 0 Å². The summed E-state index contributed by atoms with van der Waals surface area (Å²) in [5, 5.41) is 14.5. The number of hydrogen-bond acceptors (Lipinski definition) is 3. The van der Waals surface area contributed by atoms with E-state index in [0.29, 0.717) is 6.04 Å². The Bertz CT molecular complexity index is 394. The van der Waals surface area contributed by atoms with Crippen molar-refractivity contribution in [2.24, 2.45) is 5.92 Å². The van der Waals surface area contributed by atoms with Crippen LogP contribution in [0.2, 0.25) is 0 Å². The number of halogens is 1. The van der Waals surface area contributed by atoms with Crippen molar-refractivity contribution in [3.05, 3.63) is 20.8 Å². The summed E-state index contributed by atoms with van der Waals surface area (Å²) in [5.74, 6) is -0.804. The Morgan fingerprint density at radius 1 is 1.59 bits per heavy atom. The molecule has 2 rings (SSSR count). The summed E-state index contributed by atoms with van der Waals surface area (Å²) >= 11 is 5.22. The molecule has 2 N–H and O–H groups in total. The van der Waals surface area contributed by atoms with Gasteiger partial charge in [0.25, 0.3) is 0 Å². The molecule has 94 valence electrons. The van der Waals surface area contributed by atoms with Crippen LogP contribution >= 0.6 is 27.3 Å². The lowest BCUT2D eigenvalue weighted by Gasteiger charge is -2.27. The Morgan fingerprint density at radius 3 is 3.06 bits per heavy atom. The first kappa shape index (κ1) is 13.1. The molecule has 0 bridgehead atoms. The van der Waals surface area contributed by atoms with Gasteiger partial charge in [-0.1, -0.05) is 6.42 Å². The molecule has 1 fully saturated rings. The van der Waals surface area contributed by atoms with Crippen LogP contribution in [0.15, 0.2) is 15.9 Å². The summed E-state index contributed by atoms with van der Waals surface area (Å²) in [6.07, 6.45) is 3.70. The van der Waals surface area contributed by atoms with Gasteiger partial charge in [0.15, 0.2) is 0 Å². The third-order valence-electron chi connectivity index (χ3n) is 3.27. The molecule has 0 amide bonds. The Labute approximate surface area is 113 Å². The zero-order valence-electron chi connectivity index (χ0n) is 9.49. The molecule has 1 aromatic heterocycles. The van der Waals surface area contributed by atoms with Crippen LogP contribution < -0.4 is 5.32 Å². The highest BCUT2D eigenvalue weighted by molar-refractivity contribution is 9.10. The van der Waals surface area contributed by atoms with E-state index >= 15 is 0 Å². The van der Waals surface area contributed by atoms with Gasteiger partial charge in [0, 0.05) is 21.9 Å². The lowest BCUT2D eigenvalue weighted by atomic mass is 9.86. The van der Waals surface area contributed by atoms with Crippen molar-refractivity contribution in [2.45, 2.75) is 38.3 Å². The normalized spacial score (nSPS) is 24.8. The molecule has 2 unspecified atom stereocenters. The van der Waals surface area contributed by atoms with Crippen LogP contribution in [-0.2, 0) is 11.3 Å². The van der Waals surface area contributed by atoms with Crippen molar-refractivity contribution < 1.29 is 9.90 Å². The van der Waals surface area contributed by atoms with E-state index in [2.05, 4.69) is 26.6 Å². The fourth-order valence-corrected chi connectivity index (χ4v) is 3.73. The van der Waals surface area contributed by atoms with Crippen molar-refractivity contribution in [1.82, 2.24) is 5.32 Å². The molecule has 2 atom stereocenters. The molecule has 1 aliphatic carbocycles. The number of aliphatic carboxylic acids is 1. The number of carboxylic acid groups (broad SMARTS) is 1. The van der Waals surface area contributed by atoms with E-state index in [-0.39, 0.29) is 5.92 Å². The maximum Gasteiger partial charge on any atom is 0.306 e. The number of nitrogens with one attached hydrogen (secondary N) is 1. The second kappa shape index (κ2) is 5.98. The molecule has 0 spiro atoms. The molecule has 1 aliphatic rings. The van der Waals surface area contributed by atoms with Crippen molar-refractivity contribution in [3.8, 4) is 0 Å². The van der Waals surface area contributed by atoms with Crippen molar-refractivity contribution in [1.29, 1.82) is 0 Å². The molecule has 0 radical (unpaired) electrons. The Morgan fingerprint density at radius 2 is 2.41 bits per heavy atom. The van der Waals surface area contributed by atoms with E-state index in [1.165, 1.54) is 4.88 Å². The topological polar surface area (TPSA) is 49.3 Å². The molecule has 0 aliphatic heterocycles. The third-order valence-corrected chi connectivity index (χ3v) is 5.19. The molecule has 17 heavy (non-hydrogen) atoms. The zero-order chi connectivity index (χ0) is 12.3. The molecular weight excluding hydrogens is 302 g/mol. The van der Waals surface area contributed by atoms with Gasteiger partial charge in [-0.3, -0.25) is 4.79 Å². The molecule has 0 aromatic carbocycles. The largest absolute Gasteiger partial charge is 0.481 e. The lowest BCUT2D eigenvalue weighted by Crippen LogP contribution is -2.35. The minimum absolute atomic E-state index is 0.159. The highest BCUT2D eigenvalue weighted by atomic mass is 79.9. The van der Waals surface area contributed by atoms with E-state index in [1.807, 2.05) is 6.07 Å². The Kier molecular flexibility index (Phi) is 4.59. The Balaban J connectivity index is 1.83. The predicted octanol–water partition coefficient (Wildman–Crippen LogP) is 3.24. The molecule has 3 nitrogen and oxygen atoms in total. The summed E-state index contributed by atoms with van der Waals surface area (Å²) in [7, 11) is 0. The van der Waals surface area contributed by atoms with E-state index < -0.39 is 5.97 Å². The highest BCUT2D eigenvalue weighted by Gasteiger charge is 2.26. The smallest absolute Gasteiger partial charge is 0.306 e. The second-order valence-corrected chi connectivity index (χ2v) is 6.33. The number of rotatable bonds is 4. The molecule has 0 saturated heterocycles. The molecule has 1 aromatic rings. The van der Waals surface area contributed by atoms with Crippen LogP contribution in [0.25, 0.3) is 0 Å². The minimum Gasteiger partial charge on any atom is -0.481 e. The number of carbonyl (C=O) groups is 1. The van der Waals surface area contributed by atoms with Gasteiger partial charge in [-0.25, -0.2) is 0 Å². The third kappa shape index (κ3) is 3.53. The Hall–Kier alpha value is -0.390. The van der Waals surface area contributed by atoms with Crippen LogP contribution in [0.3, 0.4) is 0 Å². The van der Waals surface area contributed by atoms with E-state index in [1.54, 1.807) is 11.3 Å².